The maximum atomic E-state index is 14.1. The van der Waals surface area contributed by atoms with Crippen molar-refractivity contribution in [2.45, 2.75) is 34.7 Å². The molecule has 4 aliphatic rings. The van der Waals surface area contributed by atoms with Gasteiger partial charge in [-0.15, -0.1) is 23.2 Å². The van der Waals surface area contributed by atoms with Gasteiger partial charge in [0.25, 0.3) is 23.6 Å². The fourth-order valence-electron chi connectivity index (χ4n) is 6.97. The lowest BCUT2D eigenvalue weighted by Gasteiger charge is -2.50. The first kappa shape index (κ1) is 29.7. The Kier molecular flexibility index (Phi) is 6.61. The topological polar surface area (TPSA) is 111 Å². The van der Waals surface area contributed by atoms with E-state index in [-0.39, 0.29) is 23.6 Å². The average molecular weight is 658 g/mol. The molecule has 6 unspecified atom stereocenters. The van der Waals surface area contributed by atoms with Crippen molar-refractivity contribution >= 4 is 64.2 Å². The van der Waals surface area contributed by atoms with Crippen molar-refractivity contribution in [1.29, 1.82) is 0 Å². The van der Waals surface area contributed by atoms with Gasteiger partial charge in [-0.1, -0.05) is 35.4 Å². The summed E-state index contributed by atoms with van der Waals surface area (Å²) in [7, 11) is 2.47. The minimum Gasteiger partial charge on any atom is -0.508 e. The summed E-state index contributed by atoms with van der Waals surface area (Å²) in [6.07, 6.45) is -3.31. The highest BCUT2D eigenvalue weighted by Gasteiger charge is 2.76. The lowest BCUT2D eigenvalue weighted by molar-refractivity contribution is -0.141. The van der Waals surface area contributed by atoms with Gasteiger partial charge in [0, 0.05) is 20.0 Å². The number of carbonyl (C=O) groups is 4. The average Bonchev–Trinajstić information content (AvgIpc) is 3.28. The maximum Gasteiger partial charge on any atom is 0.433 e. The molecule has 43 heavy (non-hydrogen) atoms. The molecule has 1 N–H and O–H groups in total. The number of imide groups is 2. The second-order valence-corrected chi connectivity index (χ2v) is 12.7. The van der Waals surface area contributed by atoms with Crippen LogP contribution in [0.2, 0.25) is 5.02 Å². The Bertz CT molecular complexity index is 1640. The van der Waals surface area contributed by atoms with Crippen LogP contribution in [0.5, 0.6) is 5.75 Å². The largest absolute Gasteiger partial charge is 0.508 e. The Morgan fingerprint density at radius 2 is 1.65 bits per heavy atom. The number of phenols is 1. The number of hydrogen-bond acceptors (Lipinski definition) is 7. The minimum absolute atomic E-state index is 0.0456. The van der Waals surface area contributed by atoms with Crippen molar-refractivity contribution in [3.8, 4) is 5.75 Å². The number of carbonyl (C=O) groups excluding carboxylic acids is 4. The fourth-order valence-corrected chi connectivity index (χ4v) is 8.22. The third kappa shape index (κ3) is 3.95. The van der Waals surface area contributed by atoms with Gasteiger partial charge in [-0.3, -0.25) is 29.1 Å². The molecule has 9 nitrogen and oxygen atoms in total. The molecule has 6 atom stereocenters. The molecule has 0 radical (unpaired) electrons. The maximum absolute atomic E-state index is 14.1. The molecule has 2 aliphatic heterocycles. The molecule has 4 amide bonds. The fraction of sp³-hybridized carbons (Fsp3) is 0.393. The predicted molar refractivity (Wildman–Crippen MR) is 148 cm³/mol. The summed E-state index contributed by atoms with van der Waals surface area (Å²) in [6.45, 7) is 0. The van der Waals surface area contributed by atoms with Crippen molar-refractivity contribution in [2.24, 2.45) is 17.8 Å². The van der Waals surface area contributed by atoms with Crippen molar-refractivity contribution in [2.75, 3.05) is 19.1 Å². The number of aromatic hydroxyl groups is 1. The van der Waals surface area contributed by atoms with E-state index in [1.807, 2.05) is 0 Å². The van der Waals surface area contributed by atoms with Crippen LogP contribution in [0.15, 0.2) is 48.0 Å². The lowest BCUT2D eigenvalue weighted by Crippen LogP contribution is -2.60. The molecule has 1 saturated carbocycles. The number of rotatable bonds is 3. The van der Waals surface area contributed by atoms with Crippen LogP contribution in [0.4, 0.5) is 19.0 Å². The molecular weight excluding hydrogens is 636 g/mol. The molecule has 2 saturated heterocycles. The number of anilines is 1. The first-order valence-corrected chi connectivity index (χ1v) is 14.2. The highest BCUT2D eigenvalue weighted by Crippen LogP contribution is 2.65. The molecule has 1 aromatic heterocycles. The van der Waals surface area contributed by atoms with E-state index in [0.717, 1.165) is 16.0 Å². The number of amides is 4. The van der Waals surface area contributed by atoms with E-state index < -0.39 is 74.7 Å². The summed E-state index contributed by atoms with van der Waals surface area (Å²) in [6, 6.07) is 7.51. The van der Waals surface area contributed by atoms with Gasteiger partial charge in [0.05, 0.1) is 16.9 Å². The highest BCUT2D eigenvalue weighted by atomic mass is 35.5. The second-order valence-electron chi connectivity index (χ2n) is 11.1. The number of hydrogen-bond donors (Lipinski definition) is 1. The molecule has 3 heterocycles. The van der Waals surface area contributed by atoms with Crippen LogP contribution in [0.1, 0.15) is 30.0 Å². The summed E-state index contributed by atoms with van der Waals surface area (Å²) in [5.74, 6) is -7.32. The standard InChI is InChI=1S/C28H22Cl3F3N4O5/c1-36-24(42)26(30)11-16-14(20(27(26,31)25(36)43)12-3-5-13(39)6-4-12)7-8-15-19(16)23(41)38(22(15)40)37(2)21-17(29)9-10-18(35-21)28(32,33)34/h3-7,9-10,15-16,19-20,39H,8,11H2,1-2H3. The number of allylic oxidation sites excluding steroid dienone is 2. The summed E-state index contributed by atoms with van der Waals surface area (Å²) in [4.78, 5) is 55.2. The van der Waals surface area contributed by atoms with Crippen molar-refractivity contribution in [1.82, 2.24) is 14.9 Å². The van der Waals surface area contributed by atoms with Crippen LogP contribution in [0.25, 0.3) is 0 Å². The quantitative estimate of drug-likeness (QED) is 0.294. The number of likely N-dealkylation sites (tertiary alicyclic amines) is 1. The number of hydrazine groups is 1. The number of aromatic nitrogens is 1. The zero-order chi connectivity index (χ0) is 31.4. The molecule has 15 heteroatoms. The monoisotopic (exact) mass is 656 g/mol. The van der Waals surface area contributed by atoms with Gasteiger partial charge in [-0.05, 0) is 48.6 Å². The van der Waals surface area contributed by atoms with E-state index in [9.17, 15) is 37.5 Å². The van der Waals surface area contributed by atoms with Crippen molar-refractivity contribution < 1.29 is 37.5 Å². The van der Waals surface area contributed by atoms with Gasteiger partial charge in [0.15, 0.2) is 15.6 Å². The summed E-state index contributed by atoms with van der Waals surface area (Å²) >= 11 is 20.3. The number of fused-ring (bicyclic) bond motifs is 4. The number of nitrogens with zero attached hydrogens (tertiary/aromatic N) is 4. The Morgan fingerprint density at radius 1 is 1.00 bits per heavy atom. The first-order chi connectivity index (χ1) is 20.0. The molecule has 0 bridgehead atoms. The third-order valence-corrected chi connectivity index (χ3v) is 10.7. The van der Waals surface area contributed by atoms with Crippen LogP contribution < -0.4 is 5.01 Å². The predicted octanol–water partition coefficient (Wildman–Crippen LogP) is 4.50. The number of halogens is 6. The van der Waals surface area contributed by atoms with Gasteiger partial charge in [0.2, 0.25) is 0 Å². The molecule has 1 aromatic carbocycles. The van der Waals surface area contributed by atoms with E-state index in [2.05, 4.69) is 4.98 Å². The highest BCUT2D eigenvalue weighted by molar-refractivity contribution is 6.53. The smallest absolute Gasteiger partial charge is 0.433 e. The van der Waals surface area contributed by atoms with Gasteiger partial charge in [0.1, 0.15) is 11.4 Å². The van der Waals surface area contributed by atoms with Crippen LogP contribution in [-0.2, 0) is 25.4 Å². The van der Waals surface area contributed by atoms with E-state index in [1.165, 1.54) is 38.4 Å². The van der Waals surface area contributed by atoms with E-state index in [4.69, 9.17) is 34.8 Å². The lowest BCUT2D eigenvalue weighted by atomic mass is 9.56. The van der Waals surface area contributed by atoms with Crippen LogP contribution in [0.3, 0.4) is 0 Å². The summed E-state index contributed by atoms with van der Waals surface area (Å²) in [5.41, 5.74) is -0.288. The normalized spacial score (nSPS) is 32.0. The Morgan fingerprint density at radius 3 is 2.28 bits per heavy atom. The summed E-state index contributed by atoms with van der Waals surface area (Å²) < 4.78 is 40.2. The summed E-state index contributed by atoms with van der Waals surface area (Å²) in [5, 5.41) is 11.3. The molecule has 226 valence electrons. The number of alkyl halides is 5. The molecule has 0 spiro atoms. The van der Waals surface area contributed by atoms with Crippen molar-refractivity contribution in [3.05, 3.63) is 64.3 Å². The van der Waals surface area contributed by atoms with Crippen LogP contribution >= 0.6 is 34.8 Å². The molecule has 6 rings (SSSR count). The molecule has 2 aliphatic carbocycles. The number of pyridine rings is 1. The van der Waals surface area contributed by atoms with Crippen LogP contribution in [-0.4, -0.2) is 67.5 Å². The van der Waals surface area contributed by atoms with Gasteiger partial charge >= 0.3 is 6.18 Å². The van der Waals surface area contributed by atoms with E-state index in [1.54, 1.807) is 6.08 Å². The minimum atomic E-state index is -4.81. The Hall–Kier alpha value is -3.35. The zero-order valence-electron chi connectivity index (χ0n) is 22.4. The van der Waals surface area contributed by atoms with E-state index in [0.29, 0.717) is 22.2 Å². The Balaban J connectivity index is 1.45. The van der Waals surface area contributed by atoms with E-state index >= 15 is 0 Å². The number of benzene rings is 1. The zero-order valence-corrected chi connectivity index (χ0v) is 24.7. The van der Waals surface area contributed by atoms with Gasteiger partial charge in [-0.2, -0.15) is 18.2 Å². The molecule has 3 fully saturated rings. The molecule has 2 aromatic rings. The number of phenolic OH excluding ortho intramolecular Hbond substituents is 1. The Labute approximate surface area is 257 Å². The third-order valence-electron chi connectivity index (χ3n) is 8.94. The van der Waals surface area contributed by atoms with Gasteiger partial charge in [-0.25, -0.2) is 4.98 Å². The SMILES string of the molecule is CN1C(=O)C2(Cl)CC3C(=CCC4C(=O)N(N(C)c5nc(C(F)(F)F)ccc5Cl)C(=O)C43)C(c3ccc(O)cc3)C2(Cl)C1=O. The first-order valence-electron chi connectivity index (χ1n) is 13.1. The van der Waals surface area contributed by atoms with Gasteiger partial charge < -0.3 is 5.11 Å². The van der Waals surface area contributed by atoms with Crippen molar-refractivity contribution in [3.63, 3.8) is 0 Å². The van der Waals surface area contributed by atoms with Crippen LogP contribution in [0, 0.1) is 17.8 Å². The second kappa shape index (κ2) is 9.57. The molecular formula is C28H22Cl3F3N4O5.